The van der Waals surface area contributed by atoms with E-state index in [1.165, 1.54) is 6.42 Å². The van der Waals surface area contributed by atoms with E-state index in [-0.39, 0.29) is 23.9 Å². The average molecular weight is 612 g/mol. The topological polar surface area (TPSA) is 120 Å². The normalized spacial score (nSPS) is 25.2. The number of amides is 2. The zero-order valence-corrected chi connectivity index (χ0v) is 27.1. The molecule has 1 saturated heterocycles. The maximum Gasteiger partial charge on any atom is 0.254 e. The molecule has 3 N–H and O–H groups in total. The summed E-state index contributed by atoms with van der Waals surface area (Å²) in [7, 11) is 3.64. The fourth-order valence-corrected chi connectivity index (χ4v) is 7.46. The minimum absolute atomic E-state index is 0.00539. The molecule has 1 aromatic carbocycles. The number of hydrogen-bond acceptors (Lipinski definition) is 6. The first-order chi connectivity index (χ1) is 21.5. The van der Waals surface area contributed by atoms with Crippen molar-refractivity contribution in [1.29, 1.82) is 0 Å². The number of methoxy groups -OCH3 is 1. The van der Waals surface area contributed by atoms with Crippen molar-refractivity contribution in [2.24, 2.45) is 30.0 Å². The summed E-state index contributed by atoms with van der Waals surface area (Å²) in [6.07, 6.45) is 6.08. The van der Waals surface area contributed by atoms with Gasteiger partial charge >= 0.3 is 0 Å². The number of aryl methyl sites for hydroxylation is 1. The van der Waals surface area contributed by atoms with Gasteiger partial charge in [0.05, 0.1) is 30.1 Å². The number of piperidine rings is 1. The largest absolute Gasteiger partial charge is 0.494 e. The highest BCUT2D eigenvalue weighted by Crippen LogP contribution is 2.46. The highest BCUT2D eigenvalue weighted by Gasteiger charge is 2.39. The summed E-state index contributed by atoms with van der Waals surface area (Å²) in [5.74, 6) is 2.66. The predicted molar refractivity (Wildman–Crippen MR) is 175 cm³/mol. The van der Waals surface area contributed by atoms with Gasteiger partial charge in [0.15, 0.2) is 5.82 Å². The van der Waals surface area contributed by atoms with Crippen molar-refractivity contribution in [1.82, 2.24) is 29.3 Å². The van der Waals surface area contributed by atoms with E-state index in [0.717, 1.165) is 72.4 Å². The van der Waals surface area contributed by atoms with Crippen LogP contribution < -0.4 is 15.8 Å². The van der Waals surface area contributed by atoms with Crippen LogP contribution in [-0.4, -0.2) is 62.1 Å². The number of nitrogens with zero attached hydrogens (tertiary/aromatic N) is 5. The molecule has 2 aliphatic heterocycles. The van der Waals surface area contributed by atoms with E-state index < -0.39 is 5.41 Å². The Bertz CT molecular complexity index is 1800. The molecule has 10 nitrogen and oxygen atoms in total. The monoisotopic (exact) mass is 611 g/mol. The second-order valence-corrected chi connectivity index (χ2v) is 14.2. The van der Waals surface area contributed by atoms with Gasteiger partial charge in [-0.3, -0.25) is 9.59 Å². The van der Waals surface area contributed by atoms with Gasteiger partial charge in [0.2, 0.25) is 5.91 Å². The molecule has 3 aliphatic rings. The highest BCUT2D eigenvalue weighted by atomic mass is 16.5. The number of benzene rings is 1. The van der Waals surface area contributed by atoms with Gasteiger partial charge in [-0.15, -0.1) is 0 Å². The molecule has 5 heterocycles. The van der Waals surface area contributed by atoms with E-state index in [9.17, 15) is 9.59 Å². The van der Waals surface area contributed by atoms with E-state index in [4.69, 9.17) is 20.4 Å². The molecule has 1 saturated carbocycles. The van der Waals surface area contributed by atoms with Gasteiger partial charge in [0.1, 0.15) is 16.9 Å². The summed E-state index contributed by atoms with van der Waals surface area (Å²) in [5, 5.41) is 4.26. The van der Waals surface area contributed by atoms with Crippen LogP contribution in [0.5, 0.6) is 5.75 Å². The summed E-state index contributed by atoms with van der Waals surface area (Å²) in [6.45, 7) is 8.23. The van der Waals surface area contributed by atoms with Crippen molar-refractivity contribution in [3.8, 4) is 17.3 Å². The molecule has 0 spiro atoms. The number of pyridine rings is 1. The fourth-order valence-electron chi connectivity index (χ4n) is 7.46. The number of fused-ring (bicyclic) bond motifs is 3. The van der Waals surface area contributed by atoms with Gasteiger partial charge < -0.3 is 29.8 Å². The Labute approximate surface area is 264 Å². The van der Waals surface area contributed by atoms with Crippen molar-refractivity contribution in [3.05, 3.63) is 41.6 Å². The van der Waals surface area contributed by atoms with Crippen molar-refractivity contribution < 1.29 is 14.3 Å². The molecule has 238 valence electrons. The number of carbonyl (C=O) groups excluding carboxylic acids is 2. The maximum atomic E-state index is 13.5. The molecule has 2 bridgehead atoms. The van der Waals surface area contributed by atoms with Gasteiger partial charge in [-0.25, -0.2) is 9.97 Å². The molecule has 7 rings (SSSR count). The van der Waals surface area contributed by atoms with Crippen LogP contribution in [0, 0.1) is 17.3 Å². The second-order valence-electron chi connectivity index (χ2n) is 14.2. The molecular weight excluding hydrogens is 566 g/mol. The summed E-state index contributed by atoms with van der Waals surface area (Å²) < 4.78 is 10.2. The van der Waals surface area contributed by atoms with Gasteiger partial charge in [-0.05, 0) is 74.8 Å². The molecule has 2 fully saturated rings. The number of ether oxygens (including phenoxy) is 1. The number of imidazole rings is 1. The van der Waals surface area contributed by atoms with Crippen molar-refractivity contribution in [3.63, 3.8) is 0 Å². The number of hydrogen-bond donors (Lipinski definition) is 2. The van der Waals surface area contributed by atoms with E-state index in [1.54, 1.807) is 7.11 Å². The lowest BCUT2D eigenvalue weighted by Crippen LogP contribution is -2.45. The van der Waals surface area contributed by atoms with Crippen LogP contribution in [0.1, 0.15) is 81.4 Å². The van der Waals surface area contributed by atoms with Crippen LogP contribution in [0.15, 0.2) is 30.3 Å². The molecule has 45 heavy (non-hydrogen) atoms. The molecule has 0 radical (unpaired) electrons. The maximum absolute atomic E-state index is 13.5. The van der Waals surface area contributed by atoms with E-state index in [2.05, 4.69) is 26.6 Å². The number of nitrogens with one attached hydrogen (secondary N) is 1. The molecule has 0 unspecified atom stereocenters. The van der Waals surface area contributed by atoms with Crippen molar-refractivity contribution >= 4 is 33.9 Å². The van der Waals surface area contributed by atoms with Crippen LogP contribution in [-0.2, 0) is 18.4 Å². The summed E-state index contributed by atoms with van der Waals surface area (Å²) in [6, 6.07) is 9.79. The molecule has 3 aromatic heterocycles. The Morgan fingerprint density at radius 3 is 2.69 bits per heavy atom. The Balaban J connectivity index is 1.32. The minimum Gasteiger partial charge on any atom is -0.494 e. The molecule has 4 aromatic rings. The number of rotatable bonds is 3. The van der Waals surface area contributed by atoms with Gasteiger partial charge in [0.25, 0.3) is 5.91 Å². The van der Waals surface area contributed by atoms with E-state index in [1.807, 2.05) is 50.9 Å². The SMILES string of the molecule is COc1cc(C(=O)N2CCC[C@@H](N)C2)cc2nc(-c3cc4ccc5nc4n3C[C@@H]3C[C@H]3CCCC(C)(C)C(=O)N[C@@H]5C)n(C)c12. The number of aromatic nitrogens is 4. The summed E-state index contributed by atoms with van der Waals surface area (Å²) in [5.41, 5.74) is 10.6. The predicted octanol–water partition coefficient (Wildman–Crippen LogP) is 5.19. The standard InChI is InChI=1S/C35H45N7O3/c1-20-26-11-10-22-16-28(42(31(22)38-26)18-24-14-21(24)8-6-12-35(2,3)34(44)37-20)32-39-27-15-23(17-29(45-5)30(27)40(32)4)33(43)41-13-7-9-25(36)19-41/h10-11,15-17,20-21,24-25H,6-9,12-14,18-19,36H2,1-5H3,(H,37,44)/t20-,21-,24+,25-/m1/s1. The Morgan fingerprint density at radius 2 is 1.91 bits per heavy atom. The fraction of sp³-hybridized carbons (Fsp3) is 0.543. The zero-order chi connectivity index (χ0) is 31.6. The van der Waals surface area contributed by atoms with E-state index >= 15 is 0 Å². The summed E-state index contributed by atoms with van der Waals surface area (Å²) >= 11 is 0. The third-order valence-electron chi connectivity index (χ3n) is 10.4. The molecular formula is C35H45N7O3. The Hall–Kier alpha value is -3.92. The lowest BCUT2D eigenvalue weighted by Gasteiger charge is -2.30. The molecule has 1 aliphatic carbocycles. The van der Waals surface area contributed by atoms with Crippen LogP contribution in [0.4, 0.5) is 0 Å². The zero-order valence-electron chi connectivity index (χ0n) is 27.1. The van der Waals surface area contributed by atoms with Gasteiger partial charge in [-0.2, -0.15) is 0 Å². The first-order valence-electron chi connectivity index (χ1n) is 16.4. The molecule has 4 atom stereocenters. The molecule has 10 heteroatoms. The number of likely N-dealkylation sites (tertiary alicyclic amines) is 1. The lowest BCUT2D eigenvalue weighted by molar-refractivity contribution is -0.130. The lowest BCUT2D eigenvalue weighted by atomic mass is 9.85. The Kier molecular flexibility index (Phi) is 7.38. The van der Waals surface area contributed by atoms with Gasteiger partial charge in [0, 0.05) is 49.1 Å². The Morgan fingerprint density at radius 1 is 1.09 bits per heavy atom. The smallest absolute Gasteiger partial charge is 0.254 e. The third-order valence-corrected chi connectivity index (χ3v) is 10.4. The quantitative estimate of drug-likeness (QED) is 0.329. The van der Waals surface area contributed by atoms with Crippen LogP contribution in [0.3, 0.4) is 0 Å². The second kappa shape index (κ2) is 11.2. The minimum atomic E-state index is -0.410. The van der Waals surface area contributed by atoms with Gasteiger partial charge in [-0.1, -0.05) is 26.7 Å². The van der Waals surface area contributed by atoms with Crippen molar-refractivity contribution in [2.45, 2.75) is 77.9 Å². The third kappa shape index (κ3) is 5.37. The van der Waals surface area contributed by atoms with E-state index in [0.29, 0.717) is 41.8 Å². The first kappa shape index (κ1) is 29.8. The first-order valence-corrected chi connectivity index (χ1v) is 16.4. The van der Waals surface area contributed by atoms with Crippen LogP contribution in [0.2, 0.25) is 0 Å². The van der Waals surface area contributed by atoms with Crippen molar-refractivity contribution in [2.75, 3.05) is 20.2 Å². The average Bonchev–Trinajstić information content (AvgIpc) is 3.53. The highest BCUT2D eigenvalue weighted by molar-refractivity contribution is 6.00. The summed E-state index contributed by atoms with van der Waals surface area (Å²) in [4.78, 5) is 38.9. The van der Waals surface area contributed by atoms with Crippen LogP contribution >= 0.6 is 0 Å². The molecule has 2 amide bonds. The number of nitrogens with two attached hydrogens (primary N) is 1. The number of carbonyl (C=O) groups is 2. The van der Waals surface area contributed by atoms with Crippen LogP contribution in [0.25, 0.3) is 33.6 Å².